The van der Waals surface area contributed by atoms with Crippen LogP contribution in [0.25, 0.3) is 21.8 Å². The minimum absolute atomic E-state index is 0.0839. The molecule has 1 fully saturated rings. The number of nitrogens with zero attached hydrogens (tertiary/aromatic N) is 1. The number of carbonyl (C=O) groups excluding carboxylic acids is 1. The van der Waals surface area contributed by atoms with Gasteiger partial charge < -0.3 is 15.6 Å². The molecule has 1 aliphatic carbocycles. The highest BCUT2D eigenvalue weighted by atomic mass is 35.5. The molecule has 0 spiro atoms. The lowest BCUT2D eigenvalue weighted by Gasteiger charge is -2.30. The van der Waals surface area contributed by atoms with Crippen molar-refractivity contribution in [2.45, 2.75) is 43.9 Å². The number of aromatic amines is 1. The van der Waals surface area contributed by atoms with Gasteiger partial charge in [0, 0.05) is 45.3 Å². The van der Waals surface area contributed by atoms with E-state index in [1.54, 1.807) is 18.2 Å². The van der Waals surface area contributed by atoms with Gasteiger partial charge in [0.1, 0.15) is 11.5 Å². The number of alkyl halides is 3. The minimum Gasteiger partial charge on any atom is -0.382 e. The second-order valence-corrected chi connectivity index (χ2v) is 9.18. The Balaban J connectivity index is 1.28. The maximum atomic E-state index is 14.2. The van der Waals surface area contributed by atoms with E-state index in [1.165, 1.54) is 24.4 Å². The first kappa shape index (κ1) is 23.4. The first-order valence-electron chi connectivity index (χ1n) is 11.2. The van der Waals surface area contributed by atoms with E-state index < -0.39 is 17.7 Å². The third-order valence-electron chi connectivity index (χ3n) is 6.38. The number of rotatable bonds is 4. The molecule has 0 bridgehead atoms. The zero-order valence-corrected chi connectivity index (χ0v) is 19.1. The molecule has 0 radical (unpaired) electrons. The fourth-order valence-electron chi connectivity index (χ4n) is 4.65. The van der Waals surface area contributed by atoms with Crippen molar-refractivity contribution in [2.75, 3.05) is 5.32 Å². The third-order valence-corrected chi connectivity index (χ3v) is 6.62. The van der Waals surface area contributed by atoms with Crippen LogP contribution in [0, 0.1) is 5.82 Å². The van der Waals surface area contributed by atoms with Gasteiger partial charge in [-0.05, 0) is 62.1 Å². The van der Waals surface area contributed by atoms with Crippen molar-refractivity contribution in [3.63, 3.8) is 0 Å². The van der Waals surface area contributed by atoms with Gasteiger partial charge in [0.05, 0.1) is 11.1 Å². The number of aromatic nitrogens is 2. The lowest BCUT2D eigenvalue weighted by Crippen LogP contribution is -2.40. The number of H-pyrrole nitrogens is 1. The van der Waals surface area contributed by atoms with Crippen LogP contribution in [0.2, 0.25) is 5.02 Å². The summed E-state index contributed by atoms with van der Waals surface area (Å²) >= 11 is 6.08. The Bertz CT molecular complexity index is 1410. The first-order valence-corrected chi connectivity index (χ1v) is 11.6. The van der Waals surface area contributed by atoms with Gasteiger partial charge in [-0.1, -0.05) is 17.7 Å². The molecule has 3 N–H and O–H groups in total. The zero-order valence-electron chi connectivity index (χ0n) is 18.3. The van der Waals surface area contributed by atoms with Crippen LogP contribution >= 0.6 is 11.6 Å². The molecule has 5 nitrogen and oxygen atoms in total. The van der Waals surface area contributed by atoms with E-state index in [1.807, 2.05) is 0 Å². The molecule has 0 unspecified atom stereocenters. The van der Waals surface area contributed by atoms with Crippen LogP contribution in [0.3, 0.4) is 0 Å². The average Bonchev–Trinajstić information content (AvgIpc) is 3.26. The molecule has 182 valence electrons. The molecule has 2 aromatic carbocycles. The molecule has 1 aliphatic rings. The maximum absolute atomic E-state index is 14.2. The lowest BCUT2D eigenvalue weighted by atomic mass is 9.90. The number of hydrogen-bond donors (Lipinski definition) is 3. The van der Waals surface area contributed by atoms with Gasteiger partial charge in [-0.3, -0.25) is 4.79 Å². The molecular weight excluding hydrogens is 484 g/mol. The summed E-state index contributed by atoms with van der Waals surface area (Å²) < 4.78 is 54.4. The van der Waals surface area contributed by atoms with Crippen molar-refractivity contribution < 1.29 is 22.4 Å². The first-order chi connectivity index (χ1) is 16.7. The van der Waals surface area contributed by atoms with Crippen LogP contribution < -0.4 is 10.6 Å². The highest BCUT2D eigenvalue weighted by Crippen LogP contribution is 2.35. The summed E-state index contributed by atoms with van der Waals surface area (Å²) in [5.41, 5.74) is 0.357. The number of carbonyl (C=O) groups is 1. The summed E-state index contributed by atoms with van der Waals surface area (Å²) in [6.45, 7) is 0. The van der Waals surface area contributed by atoms with Crippen LogP contribution in [0.4, 0.5) is 23.2 Å². The Labute approximate surface area is 202 Å². The topological polar surface area (TPSA) is 69.8 Å². The number of amides is 1. The van der Waals surface area contributed by atoms with E-state index >= 15 is 0 Å². The number of halogens is 5. The number of nitrogens with one attached hydrogen (secondary N) is 3. The van der Waals surface area contributed by atoms with Crippen LogP contribution in [0.15, 0.2) is 48.7 Å². The van der Waals surface area contributed by atoms with E-state index in [0.29, 0.717) is 47.3 Å². The smallest absolute Gasteiger partial charge is 0.382 e. The summed E-state index contributed by atoms with van der Waals surface area (Å²) in [6.07, 6.45) is -0.547. The highest BCUT2D eigenvalue weighted by Gasteiger charge is 2.34. The summed E-state index contributed by atoms with van der Waals surface area (Å²) in [7, 11) is 0. The zero-order chi connectivity index (χ0) is 24.7. The average molecular weight is 505 g/mol. The van der Waals surface area contributed by atoms with Crippen LogP contribution in [-0.2, 0) is 6.18 Å². The highest BCUT2D eigenvalue weighted by molar-refractivity contribution is 6.31. The molecule has 5 rings (SSSR count). The van der Waals surface area contributed by atoms with E-state index in [-0.39, 0.29) is 34.5 Å². The summed E-state index contributed by atoms with van der Waals surface area (Å²) in [4.78, 5) is 19.4. The molecule has 0 saturated heterocycles. The summed E-state index contributed by atoms with van der Waals surface area (Å²) in [6, 6.07) is 9.96. The van der Waals surface area contributed by atoms with Crippen molar-refractivity contribution in [3.8, 4) is 0 Å². The van der Waals surface area contributed by atoms with Gasteiger partial charge >= 0.3 is 6.18 Å². The molecule has 2 heterocycles. The molecule has 1 amide bonds. The largest absolute Gasteiger partial charge is 0.433 e. The lowest BCUT2D eigenvalue weighted by molar-refractivity contribution is -0.140. The second-order valence-electron chi connectivity index (χ2n) is 8.75. The molecular formula is C25H21ClF4N4O. The van der Waals surface area contributed by atoms with E-state index in [2.05, 4.69) is 20.6 Å². The molecule has 35 heavy (non-hydrogen) atoms. The molecule has 1 saturated carbocycles. The number of anilines is 1. The van der Waals surface area contributed by atoms with Crippen LogP contribution in [0.5, 0.6) is 0 Å². The van der Waals surface area contributed by atoms with E-state index in [0.717, 1.165) is 6.07 Å². The standard InChI is InChI=1S/C25H21ClF4N4O/c26-13-4-9-19-16(10-13)21(11-22(34-19)25(28,29)30)32-14-5-7-15(8-6-14)33-24(35)17-12-31-20-3-1-2-18(27)23(17)20/h1-4,9-12,14-15,31H,5-8H2,(H,32,34)(H,33,35). The van der Waals surface area contributed by atoms with E-state index in [9.17, 15) is 22.4 Å². The summed E-state index contributed by atoms with van der Waals surface area (Å²) in [5, 5.41) is 7.37. The second kappa shape index (κ2) is 9.03. The van der Waals surface area contributed by atoms with Crippen LogP contribution in [0.1, 0.15) is 41.7 Å². The third kappa shape index (κ3) is 4.77. The van der Waals surface area contributed by atoms with Gasteiger partial charge in [0.25, 0.3) is 5.91 Å². The fourth-order valence-corrected chi connectivity index (χ4v) is 4.82. The molecule has 4 aromatic rings. The molecule has 2 aromatic heterocycles. The van der Waals surface area contributed by atoms with Crippen LogP contribution in [-0.4, -0.2) is 28.0 Å². The maximum Gasteiger partial charge on any atom is 0.433 e. The Morgan fingerprint density at radius 1 is 1.06 bits per heavy atom. The number of fused-ring (bicyclic) bond motifs is 2. The Kier molecular flexibility index (Phi) is 6.04. The van der Waals surface area contributed by atoms with Crippen molar-refractivity contribution in [2.24, 2.45) is 0 Å². The van der Waals surface area contributed by atoms with Gasteiger partial charge in [0.2, 0.25) is 0 Å². The Hall–Kier alpha value is -3.33. The summed E-state index contributed by atoms with van der Waals surface area (Å²) in [5.74, 6) is -0.827. The van der Waals surface area contributed by atoms with Gasteiger partial charge in [-0.2, -0.15) is 13.2 Å². The van der Waals surface area contributed by atoms with Crippen molar-refractivity contribution in [3.05, 3.63) is 70.8 Å². The monoisotopic (exact) mass is 504 g/mol. The molecule has 0 aliphatic heterocycles. The van der Waals surface area contributed by atoms with Crippen molar-refractivity contribution in [1.29, 1.82) is 0 Å². The SMILES string of the molecule is O=C(NC1CCC(Nc2cc(C(F)(F)F)nc3ccc(Cl)cc23)CC1)c1c[nH]c2cccc(F)c12. The molecule has 10 heteroatoms. The van der Waals surface area contributed by atoms with E-state index in [4.69, 9.17) is 11.6 Å². The number of hydrogen-bond acceptors (Lipinski definition) is 3. The Morgan fingerprint density at radius 2 is 1.80 bits per heavy atom. The van der Waals surface area contributed by atoms with Crippen molar-refractivity contribution in [1.82, 2.24) is 15.3 Å². The quantitative estimate of drug-likeness (QED) is 0.271. The van der Waals surface area contributed by atoms with Gasteiger partial charge in [0.15, 0.2) is 0 Å². The number of benzene rings is 2. The number of pyridine rings is 1. The van der Waals surface area contributed by atoms with Gasteiger partial charge in [-0.25, -0.2) is 9.37 Å². The predicted molar refractivity (Wildman–Crippen MR) is 127 cm³/mol. The normalized spacial score (nSPS) is 18.7. The minimum atomic E-state index is -4.58. The fraction of sp³-hybridized carbons (Fsp3) is 0.280. The predicted octanol–water partition coefficient (Wildman–Crippen LogP) is 6.68. The van der Waals surface area contributed by atoms with Gasteiger partial charge in [-0.15, -0.1) is 0 Å². The molecule has 0 atom stereocenters. The Morgan fingerprint density at radius 3 is 2.54 bits per heavy atom. The van der Waals surface area contributed by atoms with Crippen molar-refractivity contribution >= 4 is 45.0 Å².